The monoisotopic (exact) mass is 358 g/mol. The Kier molecular flexibility index (Phi) is 7.27. The normalized spacial score (nSPS) is 15.5. The summed E-state index contributed by atoms with van der Waals surface area (Å²) < 4.78 is 4.59. The molecule has 1 aromatic carbocycles. The molecule has 0 atom stereocenters. The second-order valence-electron chi connectivity index (χ2n) is 6.62. The number of Topliss-reactive ketones (excluding diaryl/α,β-unsaturated/α-hetero) is 2. The summed E-state index contributed by atoms with van der Waals surface area (Å²) in [5.41, 5.74) is -1.34. The predicted octanol–water partition coefficient (Wildman–Crippen LogP) is 3.65. The molecule has 0 heterocycles. The Bertz CT molecular complexity index is 654. The molecule has 1 aliphatic rings. The van der Waals surface area contributed by atoms with E-state index in [1.54, 1.807) is 30.3 Å². The molecule has 26 heavy (non-hydrogen) atoms. The predicted molar refractivity (Wildman–Crippen MR) is 98.1 cm³/mol. The van der Waals surface area contributed by atoms with Gasteiger partial charge in [0.15, 0.2) is 5.60 Å². The number of esters is 1. The molecule has 2 rings (SSSR count). The van der Waals surface area contributed by atoms with Gasteiger partial charge in [0.05, 0.1) is 7.11 Å². The number of allylic oxidation sites excluding steroid dienone is 1. The van der Waals surface area contributed by atoms with Gasteiger partial charge in [-0.15, -0.1) is 0 Å². The van der Waals surface area contributed by atoms with Crippen LogP contribution in [0.25, 0.3) is 0 Å². The van der Waals surface area contributed by atoms with Gasteiger partial charge in [-0.3, -0.25) is 14.4 Å². The number of carbonyl (C=O) groups is 3. The summed E-state index contributed by atoms with van der Waals surface area (Å²) in [6.07, 6.45) is 9.91. The molecule has 0 fully saturated rings. The molecule has 1 N–H and O–H groups in total. The van der Waals surface area contributed by atoms with Crippen molar-refractivity contribution in [2.45, 2.75) is 57.0 Å². The molecule has 0 bridgehead atoms. The number of fused-ring (bicyclic) bond motifs is 1. The third kappa shape index (κ3) is 4.67. The second kappa shape index (κ2) is 9.43. The highest BCUT2D eigenvalue weighted by atomic mass is 16.5. The molecule has 140 valence electrons. The Morgan fingerprint density at radius 3 is 2.19 bits per heavy atom. The number of ketones is 2. The Hall–Kier alpha value is -2.27. The van der Waals surface area contributed by atoms with Crippen LogP contribution in [0.1, 0.15) is 72.1 Å². The van der Waals surface area contributed by atoms with E-state index in [4.69, 9.17) is 0 Å². The Balaban J connectivity index is 1.67. The van der Waals surface area contributed by atoms with Gasteiger partial charge in [-0.1, -0.05) is 55.7 Å². The van der Waals surface area contributed by atoms with Crippen molar-refractivity contribution in [2.75, 3.05) is 7.11 Å². The highest BCUT2D eigenvalue weighted by molar-refractivity contribution is 6.31. The third-order valence-corrected chi connectivity index (χ3v) is 4.73. The first-order valence-electron chi connectivity index (χ1n) is 9.13. The zero-order valence-electron chi connectivity index (χ0n) is 15.2. The number of methoxy groups -OCH3 is 1. The number of hydrogen-bond acceptors (Lipinski definition) is 5. The lowest BCUT2D eigenvalue weighted by atomic mass is 9.93. The SMILES string of the molecule is COC(=O)CCCCCCC/C=C\CC1(O)C(=O)c2ccccc2C1=O. The Morgan fingerprint density at radius 2 is 1.58 bits per heavy atom. The molecule has 0 saturated carbocycles. The van der Waals surface area contributed by atoms with Crippen molar-refractivity contribution in [3.8, 4) is 0 Å². The fraction of sp³-hybridized carbons (Fsp3) is 0.476. The van der Waals surface area contributed by atoms with Crippen LogP contribution in [0.3, 0.4) is 0 Å². The van der Waals surface area contributed by atoms with Gasteiger partial charge in [-0.25, -0.2) is 0 Å². The van der Waals surface area contributed by atoms with Gasteiger partial charge in [0, 0.05) is 24.0 Å². The van der Waals surface area contributed by atoms with Crippen LogP contribution in [0.2, 0.25) is 0 Å². The summed E-state index contributed by atoms with van der Waals surface area (Å²) in [7, 11) is 1.40. The first-order chi connectivity index (χ1) is 12.5. The molecule has 5 heteroatoms. The van der Waals surface area contributed by atoms with Crippen molar-refractivity contribution in [1.82, 2.24) is 0 Å². The number of carbonyl (C=O) groups excluding carboxylic acids is 3. The van der Waals surface area contributed by atoms with E-state index in [-0.39, 0.29) is 12.4 Å². The highest BCUT2D eigenvalue weighted by Crippen LogP contribution is 2.32. The Morgan fingerprint density at radius 1 is 1.00 bits per heavy atom. The summed E-state index contributed by atoms with van der Waals surface area (Å²) in [5, 5.41) is 10.5. The summed E-state index contributed by atoms with van der Waals surface area (Å²) in [5.74, 6) is -1.18. The number of ether oxygens (including phenoxy) is 1. The van der Waals surface area contributed by atoms with E-state index >= 15 is 0 Å². The van der Waals surface area contributed by atoms with Gasteiger partial charge in [-0.05, 0) is 19.3 Å². The first-order valence-corrected chi connectivity index (χ1v) is 9.13. The highest BCUT2D eigenvalue weighted by Gasteiger charge is 2.50. The van der Waals surface area contributed by atoms with Gasteiger partial charge in [0.2, 0.25) is 11.6 Å². The fourth-order valence-electron chi connectivity index (χ4n) is 3.15. The number of rotatable bonds is 10. The van der Waals surface area contributed by atoms with Crippen molar-refractivity contribution in [3.05, 3.63) is 47.5 Å². The van der Waals surface area contributed by atoms with Crippen LogP contribution in [0, 0.1) is 0 Å². The van der Waals surface area contributed by atoms with Crippen LogP contribution >= 0.6 is 0 Å². The minimum absolute atomic E-state index is 0.0124. The molecule has 0 aliphatic heterocycles. The number of unbranched alkanes of at least 4 members (excludes halogenated alkanes) is 5. The average molecular weight is 358 g/mol. The Labute approximate surface area is 154 Å². The molecule has 1 aromatic rings. The van der Waals surface area contributed by atoms with Gasteiger partial charge in [0.25, 0.3) is 0 Å². The molecule has 5 nitrogen and oxygen atoms in total. The molecular weight excluding hydrogens is 332 g/mol. The van der Waals surface area contributed by atoms with Crippen LogP contribution in [-0.2, 0) is 9.53 Å². The van der Waals surface area contributed by atoms with Crippen LogP contribution in [0.5, 0.6) is 0 Å². The zero-order valence-corrected chi connectivity index (χ0v) is 15.2. The molecule has 0 spiro atoms. The number of hydrogen-bond donors (Lipinski definition) is 1. The van der Waals surface area contributed by atoms with Crippen LogP contribution in [0.15, 0.2) is 36.4 Å². The molecule has 0 aromatic heterocycles. The zero-order chi connectivity index (χ0) is 19.0. The van der Waals surface area contributed by atoms with E-state index in [1.165, 1.54) is 7.11 Å². The maximum atomic E-state index is 12.3. The van der Waals surface area contributed by atoms with E-state index in [9.17, 15) is 19.5 Å². The topological polar surface area (TPSA) is 80.7 Å². The molecule has 0 radical (unpaired) electrons. The summed E-state index contributed by atoms with van der Waals surface area (Å²) >= 11 is 0. The van der Waals surface area contributed by atoms with Crippen molar-refractivity contribution < 1.29 is 24.2 Å². The van der Waals surface area contributed by atoms with Crippen molar-refractivity contribution >= 4 is 17.5 Å². The lowest BCUT2D eigenvalue weighted by Crippen LogP contribution is -2.40. The minimum Gasteiger partial charge on any atom is -0.469 e. The van der Waals surface area contributed by atoms with E-state index < -0.39 is 17.2 Å². The van der Waals surface area contributed by atoms with Crippen LogP contribution in [0.4, 0.5) is 0 Å². The third-order valence-electron chi connectivity index (χ3n) is 4.73. The molecule has 0 unspecified atom stereocenters. The average Bonchev–Trinajstić information content (AvgIpc) is 2.85. The minimum atomic E-state index is -1.95. The van der Waals surface area contributed by atoms with Crippen molar-refractivity contribution in [2.24, 2.45) is 0 Å². The van der Waals surface area contributed by atoms with Gasteiger partial charge in [0.1, 0.15) is 0 Å². The lowest BCUT2D eigenvalue weighted by molar-refractivity contribution is -0.140. The number of aliphatic hydroxyl groups is 1. The fourth-order valence-corrected chi connectivity index (χ4v) is 3.15. The maximum Gasteiger partial charge on any atom is 0.305 e. The maximum absolute atomic E-state index is 12.3. The second-order valence-corrected chi connectivity index (χ2v) is 6.62. The van der Waals surface area contributed by atoms with E-state index in [0.717, 1.165) is 38.5 Å². The summed E-state index contributed by atoms with van der Waals surface area (Å²) in [6.45, 7) is 0. The van der Waals surface area contributed by atoms with Crippen molar-refractivity contribution in [1.29, 1.82) is 0 Å². The quantitative estimate of drug-likeness (QED) is 0.299. The molecular formula is C21H26O5. The lowest BCUT2D eigenvalue weighted by Gasteiger charge is -2.16. The molecule has 1 aliphatic carbocycles. The van der Waals surface area contributed by atoms with Crippen molar-refractivity contribution in [3.63, 3.8) is 0 Å². The van der Waals surface area contributed by atoms with Gasteiger partial charge < -0.3 is 9.84 Å². The van der Waals surface area contributed by atoms with Crippen LogP contribution in [-0.4, -0.2) is 35.4 Å². The molecule has 0 amide bonds. The van der Waals surface area contributed by atoms with Crippen LogP contribution < -0.4 is 0 Å². The van der Waals surface area contributed by atoms with E-state index in [1.807, 2.05) is 6.08 Å². The molecule has 0 saturated heterocycles. The number of benzene rings is 1. The standard InChI is InChI=1S/C21H26O5/c1-26-18(22)14-8-6-4-2-3-5-7-11-15-21(25)19(23)16-12-9-10-13-17(16)20(21)24/h7,9-13,25H,2-6,8,14-15H2,1H3/b11-7-. The van der Waals surface area contributed by atoms with Gasteiger partial charge >= 0.3 is 5.97 Å². The summed E-state index contributed by atoms with van der Waals surface area (Å²) in [4.78, 5) is 35.6. The van der Waals surface area contributed by atoms with E-state index in [2.05, 4.69) is 4.74 Å². The largest absolute Gasteiger partial charge is 0.469 e. The van der Waals surface area contributed by atoms with Gasteiger partial charge in [-0.2, -0.15) is 0 Å². The summed E-state index contributed by atoms with van der Waals surface area (Å²) in [6, 6.07) is 6.54. The van der Waals surface area contributed by atoms with E-state index in [0.29, 0.717) is 17.5 Å². The smallest absolute Gasteiger partial charge is 0.305 e. The first kappa shape index (κ1) is 20.0.